The number of benzene rings is 2. The van der Waals surface area contributed by atoms with Crippen LogP contribution in [0.25, 0.3) is 0 Å². The predicted molar refractivity (Wildman–Crippen MR) is 84.2 cm³/mol. The average molecular weight is 292 g/mol. The van der Waals surface area contributed by atoms with E-state index in [1.165, 1.54) is 15.4 Å². The van der Waals surface area contributed by atoms with Gasteiger partial charge in [-0.05, 0) is 50.2 Å². The van der Waals surface area contributed by atoms with Crippen LogP contribution in [0.15, 0.2) is 52.3 Å². The fourth-order valence-electron chi connectivity index (χ4n) is 1.88. The first kappa shape index (κ1) is 14.4. The molecule has 0 fully saturated rings. The third kappa shape index (κ3) is 3.53. The molecule has 0 amide bonds. The molecule has 0 radical (unpaired) electrons. The van der Waals surface area contributed by atoms with Crippen molar-refractivity contribution in [2.24, 2.45) is 0 Å². The van der Waals surface area contributed by atoms with E-state index in [0.29, 0.717) is 0 Å². The first-order chi connectivity index (χ1) is 9.11. The standard InChI is InChI=1S/C16H18ClNS/c1-11-6-4-5-7-16(11)19-13-8-9-14(12(2)18-3)15(17)10-13/h4-10,12,18H,1-3H3. The Morgan fingerprint density at radius 3 is 2.53 bits per heavy atom. The van der Waals surface area contributed by atoms with Gasteiger partial charge in [0.25, 0.3) is 0 Å². The zero-order valence-electron chi connectivity index (χ0n) is 11.4. The molecular weight excluding hydrogens is 274 g/mol. The highest BCUT2D eigenvalue weighted by atomic mass is 35.5. The summed E-state index contributed by atoms with van der Waals surface area (Å²) in [4.78, 5) is 2.44. The molecule has 2 aromatic carbocycles. The maximum absolute atomic E-state index is 6.36. The molecule has 0 spiro atoms. The molecule has 3 heteroatoms. The monoisotopic (exact) mass is 291 g/mol. The lowest BCUT2D eigenvalue weighted by Crippen LogP contribution is -2.12. The second kappa shape index (κ2) is 6.47. The van der Waals surface area contributed by atoms with Crippen molar-refractivity contribution < 1.29 is 0 Å². The van der Waals surface area contributed by atoms with Gasteiger partial charge in [0.2, 0.25) is 0 Å². The van der Waals surface area contributed by atoms with Gasteiger partial charge in [-0.25, -0.2) is 0 Å². The van der Waals surface area contributed by atoms with Gasteiger partial charge in [-0.2, -0.15) is 0 Å². The average Bonchev–Trinajstić information content (AvgIpc) is 2.41. The van der Waals surface area contributed by atoms with E-state index in [-0.39, 0.29) is 6.04 Å². The number of halogens is 1. The molecule has 0 aliphatic heterocycles. The van der Waals surface area contributed by atoms with Crippen LogP contribution >= 0.6 is 23.4 Å². The quantitative estimate of drug-likeness (QED) is 0.843. The van der Waals surface area contributed by atoms with Crippen molar-refractivity contribution in [3.8, 4) is 0 Å². The molecule has 2 aromatic rings. The van der Waals surface area contributed by atoms with Crippen LogP contribution in [0, 0.1) is 6.92 Å². The largest absolute Gasteiger partial charge is 0.313 e. The summed E-state index contributed by atoms with van der Waals surface area (Å²) >= 11 is 8.11. The van der Waals surface area contributed by atoms with Crippen molar-refractivity contribution in [2.75, 3.05) is 7.05 Å². The van der Waals surface area contributed by atoms with Gasteiger partial charge in [0.1, 0.15) is 0 Å². The van der Waals surface area contributed by atoms with E-state index in [1.807, 2.05) is 13.1 Å². The highest BCUT2D eigenvalue weighted by Gasteiger charge is 2.09. The lowest BCUT2D eigenvalue weighted by molar-refractivity contribution is 0.652. The Labute approximate surface area is 124 Å². The third-order valence-electron chi connectivity index (χ3n) is 3.19. The first-order valence-electron chi connectivity index (χ1n) is 6.32. The zero-order valence-corrected chi connectivity index (χ0v) is 13.0. The summed E-state index contributed by atoms with van der Waals surface area (Å²) in [6.07, 6.45) is 0. The molecule has 0 bridgehead atoms. The molecule has 19 heavy (non-hydrogen) atoms. The molecule has 1 N–H and O–H groups in total. The van der Waals surface area contributed by atoms with E-state index < -0.39 is 0 Å². The molecular formula is C16H18ClNS. The molecule has 1 unspecified atom stereocenters. The van der Waals surface area contributed by atoms with Crippen molar-refractivity contribution in [1.29, 1.82) is 0 Å². The van der Waals surface area contributed by atoms with Crippen LogP contribution in [0.5, 0.6) is 0 Å². The maximum Gasteiger partial charge on any atom is 0.0464 e. The maximum atomic E-state index is 6.36. The normalized spacial score (nSPS) is 12.4. The van der Waals surface area contributed by atoms with Crippen molar-refractivity contribution in [2.45, 2.75) is 29.7 Å². The third-order valence-corrected chi connectivity index (χ3v) is 4.69. The van der Waals surface area contributed by atoms with Crippen molar-refractivity contribution >= 4 is 23.4 Å². The van der Waals surface area contributed by atoms with Gasteiger partial charge in [-0.3, -0.25) is 0 Å². The zero-order chi connectivity index (χ0) is 13.8. The van der Waals surface area contributed by atoms with Gasteiger partial charge >= 0.3 is 0 Å². The van der Waals surface area contributed by atoms with E-state index in [9.17, 15) is 0 Å². The Morgan fingerprint density at radius 2 is 1.89 bits per heavy atom. The van der Waals surface area contributed by atoms with Crippen LogP contribution in [0.2, 0.25) is 5.02 Å². The summed E-state index contributed by atoms with van der Waals surface area (Å²) in [6.45, 7) is 4.23. The number of rotatable bonds is 4. The summed E-state index contributed by atoms with van der Waals surface area (Å²) in [5.74, 6) is 0. The Bertz CT molecular complexity index is 568. The number of hydrogen-bond donors (Lipinski definition) is 1. The molecule has 0 heterocycles. The molecule has 100 valence electrons. The molecule has 0 saturated heterocycles. The number of nitrogens with one attached hydrogen (secondary N) is 1. The van der Waals surface area contributed by atoms with Crippen molar-refractivity contribution in [1.82, 2.24) is 5.32 Å². The van der Waals surface area contributed by atoms with Crippen LogP contribution in [0.4, 0.5) is 0 Å². The van der Waals surface area contributed by atoms with Gasteiger partial charge in [-0.15, -0.1) is 0 Å². The minimum absolute atomic E-state index is 0.269. The van der Waals surface area contributed by atoms with Crippen LogP contribution in [0.1, 0.15) is 24.1 Å². The van der Waals surface area contributed by atoms with Gasteiger partial charge in [0.15, 0.2) is 0 Å². The Balaban J connectivity index is 2.24. The Hall–Kier alpha value is -0.960. The smallest absolute Gasteiger partial charge is 0.0464 e. The fraction of sp³-hybridized carbons (Fsp3) is 0.250. The minimum atomic E-state index is 0.269. The Kier molecular flexibility index (Phi) is 4.92. The summed E-state index contributed by atoms with van der Waals surface area (Å²) < 4.78 is 0. The van der Waals surface area contributed by atoms with E-state index in [0.717, 1.165) is 10.6 Å². The van der Waals surface area contributed by atoms with Gasteiger partial charge in [0.05, 0.1) is 0 Å². The lowest BCUT2D eigenvalue weighted by Gasteiger charge is -2.13. The van der Waals surface area contributed by atoms with Gasteiger partial charge < -0.3 is 5.32 Å². The first-order valence-corrected chi connectivity index (χ1v) is 7.51. The molecule has 1 nitrogen and oxygen atoms in total. The van der Waals surface area contributed by atoms with Crippen LogP contribution < -0.4 is 5.32 Å². The second-order valence-corrected chi connectivity index (χ2v) is 6.08. The molecule has 0 aromatic heterocycles. The molecule has 0 aliphatic rings. The van der Waals surface area contributed by atoms with Gasteiger partial charge in [0, 0.05) is 20.9 Å². The van der Waals surface area contributed by atoms with E-state index in [2.05, 4.69) is 55.6 Å². The summed E-state index contributed by atoms with van der Waals surface area (Å²) in [7, 11) is 1.94. The Morgan fingerprint density at radius 1 is 1.16 bits per heavy atom. The second-order valence-electron chi connectivity index (χ2n) is 4.56. The number of hydrogen-bond acceptors (Lipinski definition) is 2. The summed E-state index contributed by atoms with van der Waals surface area (Å²) in [5, 5.41) is 4.03. The van der Waals surface area contributed by atoms with Crippen LogP contribution in [0.3, 0.4) is 0 Å². The van der Waals surface area contributed by atoms with Crippen molar-refractivity contribution in [3.05, 3.63) is 58.6 Å². The lowest BCUT2D eigenvalue weighted by atomic mass is 10.1. The van der Waals surface area contributed by atoms with Crippen LogP contribution in [-0.4, -0.2) is 7.05 Å². The molecule has 2 rings (SSSR count). The van der Waals surface area contributed by atoms with E-state index in [1.54, 1.807) is 11.8 Å². The SMILES string of the molecule is CNC(C)c1ccc(Sc2ccccc2C)cc1Cl. The van der Waals surface area contributed by atoms with Crippen molar-refractivity contribution in [3.63, 3.8) is 0 Å². The highest BCUT2D eigenvalue weighted by Crippen LogP contribution is 2.33. The minimum Gasteiger partial charge on any atom is -0.313 e. The fourth-order valence-corrected chi connectivity index (χ4v) is 3.23. The predicted octanol–water partition coefficient (Wildman–Crippen LogP) is 5.08. The molecule has 0 saturated carbocycles. The number of aryl methyl sites for hydroxylation is 1. The van der Waals surface area contributed by atoms with Crippen LogP contribution in [-0.2, 0) is 0 Å². The summed E-state index contributed by atoms with van der Waals surface area (Å²) in [5.41, 5.74) is 2.43. The van der Waals surface area contributed by atoms with E-state index in [4.69, 9.17) is 11.6 Å². The summed E-state index contributed by atoms with van der Waals surface area (Å²) in [6, 6.07) is 14.9. The van der Waals surface area contributed by atoms with E-state index >= 15 is 0 Å². The topological polar surface area (TPSA) is 12.0 Å². The van der Waals surface area contributed by atoms with Gasteiger partial charge in [-0.1, -0.05) is 47.6 Å². The molecule has 1 atom stereocenters. The molecule has 0 aliphatic carbocycles. The highest BCUT2D eigenvalue weighted by molar-refractivity contribution is 7.99.